The van der Waals surface area contributed by atoms with Gasteiger partial charge >= 0.3 is 0 Å². The number of likely N-dealkylation sites (N-methyl/N-ethyl adjacent to an activating group) is 1. The fraction of sp³-hybridized carbons (Fsp3) is 0.400. The van der Waals surface area contributed by atoms with Gasteiger partial charge in [0.2, 0.25) is 5.91 Å². The molecule has 0 heterocycles. The second-order valence-electron chi connectivity index (χ2n) is 4.86. The van der Waals surface area contributed by atoms with Crippen molar-refractivity contribution in [1.29, 1.82) is 0 Å². The second-order valence-corrected chi connectivity index (χ2v) is 4.86. The highest BCUT2D eigenvalue weighted by Crippen LogP contribution is 2.28. The highest BCUT2D eigenvalue weighted by atomic mass is 16.6. The van der Waals surface area contributed by atoms with Crippen LogP contribution in [0.1, 0.15) is 13.8 Å². The van der Waals surface area contributed by atoms with Gasteiger partial charge in [-0.2, -0.15) is 0 Å². The summed E-state index contributed by atoms with van der Waals surface area (Å²) in [4.78, 5) is 24.1. The Hall–Kier alpha value is -2.57. The molecule has 1 amide bonds. The van der Waals surface area contributed by atoms with Crippen molar-refractivity contribution in [3.05, 3.63) is 40.5 Å². The molecule has 0 aliphatic heterocycles. The van der Waals surface area contributed by atoms with Crippen molar-refractivity contribution >= 4 is 17.3 Å². The Labute approximate surface area is 129 Å². The first-order valence-electron chi connectivity index (χ1n) is 6.87. The van der Waals surface area contributed by atoms with Gasteiger partial charge in [0.05, 0.1) is 24.3 Å². The number of methoxy groups -OCH3 is 1. The quantitative estimate of drug-likeness (QED) is 0.453. The van der Waals surface area contributed by atoms with E-state index in [1.54, 1.807) is 4.90 Å². The molecule has 0 saturated carbocycles. The van der Waals surface area contributed by atoms with Crippen molar-refractivity contribution in [2.45, 2.75) is 13.8 Å². The smallest absolute Gasteiger partial charge is 0.271 e. The van der Waals surface area contributed by atoms with Crippen molar-refractivity contribution in [3.63, 3.8) is 0 Å². The molecule has 7 heteroatoms. The minimum absolute atomic E-state index is 0.0264. The SMILES string of the molecule is C=C(C)CN(CC)C(=O)CNc1cc([N+](=O)[O-])ccc1OC. The summed E-state index contributed by atoms with van der Waals surface area (Å²) in [6.07, 6.45) is 0. The van der Waals surface area contributed by atoms with Gasteiger partial charge in [-0.3, -0.25) is 14.9 Å². The normalized spacial score (nSPS) is 9.95. The largest absolute Gasteiger partial charge is 0.495 e. The third-order valence-corrected chi connectivity index (χ3v) is 3.02. The van der Waals surface area contributed by atoms with Crippen LogP contribution in [0.3, 0.4) is 0 Å². The van der Waals surface area contributed by atoms with Crippen LogP contribution in [0, 0.1) is 10.1 Å². The van der Waals surface area contributed by atoms with E-state index in [0.29, 0.717) is 24.5 Å². The molecule has 1 N–H and O–H groups in total. The van der Waals surface area contributed by atoms with Crippen molar-refractivity contribution in [2.75, 3.05) is 32.1 Å². The maximum Gasteiger partial charge on any atom is 0.271 e. The number of non-ortho nitro benzene ring substituents is 1. The zero-order valence-corrected chi connectivity index (χ0v) is 13.1. The number of nitrogens with one attached hydrogen (secondary N) is 1. The van der Waals surface area contributed by atoms with Gasteiger partial charge in [-0.1, -0.05) is 12.2 Å². The third-order valence-electron chi connectivity index (χ3n) is 3.02. The molecule has 0 fully saturated rings. The van der Waals surface area contributed by atoms with Gasteiger partial charge in [0.25, 0.3) is 5.69 Å². The van der Waals surface area contributed by atoms with E-state index < -0.39 is 4.92 Å². The molecular weight excluding hydrogens is 286 g/mol. The summed E-state index contributed by atoms with van der Waals surface area (Å²) >= 11 is 0. The fourth-order valence-corrected chi connectivity index (χ4v) is 1.93. The molecular formula is C15H21N3O4. The van der Waals surface area contributed by atoms with E-state index in [1.807, 2.05) is 13.8 Å². The maximum atomic E-state index is 12.1. The van der Waals surface area contributed by atoms with Crippen LogP contribution < -0.4 is 10.1 Å². The Balaban J connectivity index is 2.81. The minimum atomic E-state index is -0.494. The van der Waals surface area contributed by atoms with Gasteiger partial charge in [0.1, 0.15) is 5.75 Å². The predicted octanol–water partition coefficient (Wildman–Crippen LogP) is 2.44. The van der Waals surface area contributed by atoms with Gasteiger partial charge < -0.3 is 15.0 Å². The molecule has 1 aromatic carbocycles. The molecule has 0 unspecified atom stereocenters. The Bertz CT molecular complexity index is 572. The zero-order valence-electron chi connectivity index (χ0n) is 13.1. The average Bonchev–Trinajstić information content (AvgIpc) is 2.49. The monoisotopic (exact) mass is 307 g/mol. The minimum Gasteiger partial charge on any atom is -0.495 e. The lowest BCUT2D eigenvalue weighted by molar-refractivity contribution is -0.384. The van der Waals surface area contributed by atoms with Crippen molar-refractivity contribution in [3.8, 4) is 5.75 Å². The predicted molar refractivity (Wildman–Crippen MR) is 85.2 cm³/mol. The van der Waals surface area contributed by atoms with Crippen molar-refractivity contribution < 1.29 is 14.5 Å². The molecule has 1 rings (SSSR count). The molecule has 0 aliphatic carbocycles. The Kier molecular flexibility index (Phi) is 6.37. The molecule has 0 aliphatic rings. The number of ether oxygens (including phenoxy) is 1. The standard InChI is InChI=1S/C15H21N3O4/c1-5-17(10-11(2)3)15(19)9-16-13-8-12(18(20)21)6-7-14(13)22-4/h6-8,16H,2,5,9-10H2,1,3-4H3. The summed E-state index contributed by atoms with van der Waals surface area (Å²) in [6.45, 7) is 8.62. The number of benzene rings is 1. The molecule has 0 aromatic heterocycles. The van der Waals surface area contributed by atoms with Crippen LogP contribution in [0.25, 0.3) is 0 Å². The number of hydrogen-bond acceptors (Lipinski definition) is 5. The number of amides is 1. The van der Waals surface area contributed by atoms with E-state index in [-0.39, 0.29) is 18.1 Å². The third kappa shape index (κ3) is 4.76. The van der Waals surface area contributed by atoms with E-state index in [9.17, 15) is 14.9 Å². The summed E-state index contributed by atoms with van der Waals surface area (Å²) in [7, 11) is 1.47. The number of nitro benzene ring substituents is 1. The van der Waals surface area contributed by atoms with Crippen LogP contribution >= 0.6 is 0 Å². The lowest BCUT2D eigenvalue weighted by Crippen LogP contribution is -2.36. The second kappa shape index (κ2) is 8.02. The van der Waals surface area contributed by atoms with Gasteiger partial charge in [-0.15, -0.1) is 0 Å². The van der Waals surface area contributed by atoms with Crippen LogP contribution in [-0.4, -0.2) is 42.5 Å². The molecule has 1 aromatic rings. The van der Waals surface area contributed by atoms with E-state index in [1.165, 1.54) is 25.3 Å². The van der Waals surface area contributed by atoms with E-state index in [0.717, 1.165) is 5.57 Å². The number of nitro groups is 1. The summed E-state index contributed by atoms with van der Waals surface area (Å²) < 4.78 is 5.14. The zero-order chi connectivity index (χ0) is 16.7. The van der Waals surface area contributed by atoms with E-state index in [2.05, 4.69) is 11.9 Å². The highest BCUT2D eigenvalue weighted by molar-refractivity contribution is 5.82. The molecule has 0 radical (unpaired) electrons. The van der Waals surface area contributed by atoms with Crippen LogP contribution in [0.4, 0.5) is 11.4 Å². The van der Waals surface area contributed by atoms with Gasteiger partial charge in [0, 0.05) is 25.2 Å². The molecule has 7 nitrogen and oxygen atoms in total. The van der Waals surface area contributed by atoms with Crippen LogP contribution in [0.2, 0.25) is 0 Å². The molecule has 0 bridgehead atoms. The summed E-state index contributed by atoms with van der Waals surface area (Å²) in [5.41, 5.74) is 1.24. The number of carbonyl (C=O) groups is 1. The lowest BCUT2D eigenvalue weighted by atomic mass is 10.2. The summed E-state index contributed by atoms with van der Waals surface area (Å²) in [5.74, 6) is 0.334. The molecule has 22 heavy (non-hydrogen) atoms. The molecule has 0 saturated heterocycles. The van der Waals surface area contributed by atoms with Gasteiger partial charge in [-0.25, -0.2) is 0 Å². The summed E-state index contributed by atoms with van der Waals surface area (Å²) in [6, 6.07) is 4.20. The van der Waals surface area contributed by atoms with Crippen molar-refractivity contribution in [2.24, 2.45) is 0 Å². The van der Waals surface area contributed by atoms with Gasteiger partial charge in [-0.05, 0) is 19.9 Å². The van der Waals surface area contributed by atoms with Crippen molar-refractivity contribution in [1.82, 2.24) is 4.90 Å². The Morgan fingerprint density at radius 3 is 2.68 bits per heavy atom. The van der Waals surface area contributed by atoms with Crippen LogP contribution in [0.5, 0.6) is 5.75 Å². The Morgan fingerprint density at radius 1 is 1.50 bits per heavy atom. The van der Waals surface area contributed by atoms with Crippen LogP contribution in [0.15, 0.2) is 30.4 Å². The number of hydrogen-bond donors (Lipinski definition) is 1. The van der Waals surface area contributed by atoms with Crippen LogP contribution in [-0.2, 0) is 4.79 Å². The first kappa shape index (κ1) is 17.5. The first-order chi connectivity index (χ1) is 10.4. The maximum absolute atomic E-state index is 12.1. The Morgan fingerprint density at radius 2 is 2.18 bits per heavy atom. The van der Waals surface area contributed by atoms with Gasteiger partial charge in [0.15, 0.2) is 0 Å². The molecule has 0 spiro atoms. The first-order valence-corrected chi connectivity index (χ1v) is 6.87. The highest BCUT2D eigenvalue weighted by Gasteiger charge is 2.15. The lowest BCUT2D eigenvalue weighted by Gasteiger charge is -2.21. The molecule has 120 valence electrons. The van der Waals surface area contributed by atoms with E-state index in [4.69, 9.17) is 4.74 Å². The number of nitrogens with zero attached hydrogens (tertiary/aromatic N) is 2. The average molecular weight is 307 g/mol. The van der Waals surface area contributed by atoms with E-state index >= 15 is 0 Å². The summed E-state index contributed by atoms with van der Waals surface area (Å²) in [5, 5.41) is 13.7. The number of carbonyl (C=O) groups excluding carboxylic acids is 1. The number of anilines is 1. The number of rotatable bonds is 8. The fourth-order valence-electron chi connectivity index (χ4n) is 1.93. The molecule has 0 atom stereocenters. The topological polar surface area (TPSA) is 84.7 Å².